The first-order valence-electron chi connectivity index (χ1n) is 8.55. The Bertz CT molecular complexity index is 551. The zero-order valence-corrected chi connectivity index (χ0v) is 14.1. The van der Waals surface area contributed by atoms with Crippen LogP contribution in [0, 0.1) is 11.8 Å². The Morgan fingerprint density at radius 3 is 1.57 bits per heavy atom. The Morgan fingerprint density at radius 1 is 0.739 bits per heavy atom. The van der Waals surface area contributed by atoms with Gasteiger partial charge in [-0.25, -0.2) is 0 Å². The first-order chi connectivity index (χ1) is 11.1. The highest BCUT2D eigenvalue weighted by Crippen LogP contribution is 2.29. The average Bonchev–Trinajstić information content (AvgIpc) is 2.59. The smallest absolute Gasteiger partial charge is 0.0572 e. The van der Waals surface area contributed by atoms with Crippen LogP contribution in [0.5, 0.6) is 0 Å². The summed E-state index contributed by atoms with van der Waals surface area (Å²) < 4.78 is 0. The van der Waals surface area contributed by atoms with Crippen LogP contribution < -0.4 is 0 Å². The molecule has 0 amide bonds. The SMILES string of the molecule is CCC(O)C(Cc1ccccc1)C(Cc1ccccc1)C(C)O. The summed E-state index contributed by atoms with van der Waals surface area (Å²) in [6.07, 6.45) is 1.42. The van der Waals surface area contributed by atoms with Crippen molar-refractivity contribution in [2.45, 2.75) is 45.3 Å². The Kier molecular flexibility index (Phi) is 6.82. The molecular weight excluding hydrogens is 284 g/mol. The molecule has 0 radical (unpaired) electrons. The van der Waals surface area contributed by atoms with E-state index >= 15 is 0 Å². The van der Waals surface area contributed by atoms with Crippen molar-refractivity contribution in [2.75, 3.05) is 0 Å². The average molecular weight is 312 g/mol. The summed E-state index contributed by atoms with van der Waals surface area (Å²) in [6.45, 7) is 3.85. The fourth-order valence-electron chi connectivity index (χ4n) is 3.33. The zero-order chi connectivity index (χ0) is 16.7. The number of rotatable bonds is 8. The van der Waals surface area contributed by atoms with E-state index in [0.29, 0.717) is 6.42 Å². The molecule has 0 aliphatic rings. The standard InChI is InChI=1S/C21H28O2/c1-3-21(23)20(15-18-12-8-5-9-13-18)19(16(2)22)14-17-10-6-4-7-11-17/h4-13,16,19-23H,3,14-15H2,1-2H3. The lowest BCUT2D eigenvalue weighted by Gasteiger charge is -2.33. The Morgan fingerprint density at radius 2 is 1.17 bits per heavy atom. The first-order valence-corrected chi connectivity index (χ1v) is 8.55. The minimum Gasteiger partial charge on any atom is -0.393 e. The van der Waals surface area contributed by atoms with Crippen LogP contribution in [0.25, 0.3) is 0 Å². The molecule has 2 aromatic rings. The molecule has 2 rings (SSSR count). The van der Waals surface area contributed by atoms with Gasteiger partial charge >= 0.3 is 0 Å². The number of aliphatic hydroxyl groups excluding tert-OH is 2. The van der Waals surface area contributed by atoms with Gasteiger partial charge in [0.1, 0.15) is 0 Å². The molecule has 23 heavy (non-hydrogen) atoms. The Balaban J connectivity index is 2.22. The largest absolute Gasteiger partial charge is 0.393 e. The van der Waals surface area contributed by atoms with Crippen LogP contribution in [0.3, 0.4) is 0 Å². The van der Waals surface area contributed by atoms with E-state index in [-0.39, 0.29) is 11.8 Å². The second kappa shape index (κ2) is 8.85. The summed E-state index contributed by atoms with van der Waals surface area (Å²) in [6, 6.07) is 20.5. The molecular formula is C21H28O2. The predicted octanol–water partition coefficient (Wildman–Crippen LogP) is 3.86. The van der Waals surface area contributed by atoms with E-state index in [9.17, 15) is 10.2 Å². The van der Waals surface area contributed by atoms with Crippen molar-refractivity contribution in [3.05, 3.63) is 71.8 Å². The highest BCUT2D eigenvalue weighted by Gasteiger charge is 2.31. The molecule has 4 atom stereocenters. The third-order valence-corrected chi connectivity index (χ3v) is 4.71. The maximum absolute atomic E-state index is 10.6. The second-order valence-corrected chi connectivity index (χ2v) is 6.42. The molecule has 4 unspecified atom stereocenters. The normalized spacial score (nSPS) is 16.5. The van der Waals surface area contributed by atoms with Gasteiger partial charge in [0.05, 0.1) is 12.2 Å². The molecule has 0 aromatic heterocycles. The molecule has 2 nitrogen and oxygen atoms in total. The van der Waals surface area contributed by atoms with Gasteiger partial charge in [0.15, 0.2) is 0 Å². The van der Waals surface area contributed by atoms with E-state index in [1.807, 2.05) is 50.2 Å². The molecule has 0 aliphatic carbocycles. The van der Waals surface area contributed by atoms with Crippen molar-refractivity contribution in [3.63, 3.8) is 0 Å². The van der Waals surface area contributed by atoms with Crippen LogP contribution in [0.1, 0.15) is 31.4 Å². The minimum absolute atomic E-state index is 0.0348. The molecule has 124 valence electrons. The van der Waals surface area contributed by atoms with E-state index < -0.39 is 12.2 Å². The Hall–Kier alpha value is -1.64. The monoisotopic (exact) mass is 312 g/mol. The summed E-state index contributed by atoms with van der Waals surface area (Å²) >= 11 is 0. The molecule has 2 aromatic carbocycles. The van der Waals surface area contributed by atoms with E-state index in [4.69, 9.17) is 0 Å². The van der Waals surface area contributed by atoms with Crippen molar-refractivity contribution in [3.8, 4) is 0 Å². The quantitative estimate of drug-likeness (QED) is 0.777. The number of benzene rings is 2. The van der Waals surface area contributed by atoms with Gasteiger partial charge in [-0.1, -0.05) is 67.6 Å². The fraction of sp³-hybridized carbons (Fsp3) is 0.429. The van der Waals surface area contributed by atoms with E-state index in [1.165, 1.54) is 11.1 Å². The van der Waals surface area contributed by atoms with Gasteiger partial charge in [0.2, 0.25) is 0 Å². The summed E-state index contributed by atoms with van der Waals surface area (Å²) in [5.74, 6) is 0.0789. The second-order valence-electron chi connectivity index (χ2n) is 6.42. The number of aliphatic hydroxyl groups is 2. The lowest BCUT2D eigenvalue weighted by molar-refractivity contribution is 0.0127. The fourth-order valence-corrected chi connectivity index (χ4v) is 3.33. The van der Waals surface area contributed by atoms with Crippen molar-refractivity contribution in [2.24, 2.45) is 11.8 Å². The van der Waals surface area contributed by atoms with Crippen LogP contribution in [0.4, 0.5) is 0 Å². The van der Waals surface area contributed by atoms with Gasteiger partial charge in [-0.2, -0.15) is 0 Å². The van der Waals surface area contributed by atoms with Gasteiger partial charge in [0, 0.05) is 0 Å². The van der Waals surface area contributed by atoms with Crippen LogP contribution >= 0.6 is 0 Å². The lowest BCUT2D eigenvalue weighted by Crippen LogP contribution is -2.36. The van der Waals surface area contributed by atoms with Crippen molar-refractivity contribution in [1.29, 1.82) is 0 Å². The molecule has 2 N–H and O–H groups in total. The number of hydrogen-bond donors (Lipinski definition) is 2. The molecule has 0 heterocycles. The lowest BCUT2D eigenvalue weighted by atomic mass is 9.76. The molecule has 2 heteroatoms. The molecule has 0 saturated carbocycles. The molecule has 0 saturated heterocycles. The zero-order valence-electron chi connectivity index (χ0n) is 14.1. The Labute approximate surface area is 139 Å². The van der Waals surface area contributed by atoms with Gasteiger partial charge in [-0.05, 0) is 49.1 Å². The van der Waals surface area contributed by atoms with E-state index in [2.05, 4.69) is 24.3 Å². The van der Waals surface area contributed by atoms with Gasteiger partial charge in [0.25, 0.3) is 0 Å². The van der Waals surface area contributed by atoms with Crippen LogP contribution in [-0.4, -0.2) is 22.4 Å². The van der Waals surface area contributed by atoms with Crippen molar-refractivity contribution >= 4 is 0 Å². The third kappa shape index (κ3) is 5.19. The third-order valence-electron chi connectivity index (χ3n) is 4.71. The summed E-state index contributed by atoms with van der Waals surface area (Å²) in [4.78, 5) is 0. The number of hydrogen-bond acceptors (Lipinski definition) is 2. The van der Waals surface area contributed by atoms with Crippen molar-refractivity contribution in [1.82, 2.24) is 0 Å². The molecule has 0 fully saturated rings. The topological polar surface area (TPSA) is 40.5 Å². The summed E-state index contributed by atoms with van der Waals surface area (Å²) in [7, 11) is 0. The maximum atomic E-state index is 10.6. The van der Waals surface area contributed by atoms with Gasteiger partial charge in [-0.3, -0.25) is 0 Å². The van der Waals surface area contributed by atoms with E-state index in [0.717, 1.165) is 12.8 Å². The van der Waals surface area contributed by atoms with Crippen molar-refractivity contribution < 1.29 is 10.2 Å². The van der Waals surface area contributed by atoms with Crippen LogP contribution in [-0.2, 0) is 12.8 Å². The first kappa shape index (κ1) is 17.7. The van der Waals surface area contributed by atoms with Crippen LogP contribution in [0.15, 0.2) is 60.7 Å². The highest BCUT2D eigenvalue weighted by molar-refractivity contribution is 5.18. The maximum Gasteiger partial charge on any atom is 0.0572 e. The molecule has 0 bridgehead atoms. The molecule has 0 spiro atoms. The van der Waals surface area contributed by atoms with E-state index in [1.54, 1.807) is 0 Å². The minimum atomic E-state index is -0.454. The van der Waals surface area contributed by atoms with Gasteiger partial charge in [-0.15, -0.1) is 0 Å². The predicted molar refractivity (Wildman–Crippen MR) is 95.3 cm³/mol. The van der Waals surface area contributed by atoms with Gasteiger partial charge < -0.3 is 10.2 Å². The van der Waals surface area contributed by atoms with Crippen LogP contribution in [0.2, 0.25) is 0 Å². The summed E-state index contributed by atoms with van der Waals surface area (Å²) in [5.41, 5.74) is 2.42. The highest BCUT2D eigenvalue weighted by atomic mass is 16.3. The summed E-state index contributed by atoms with van der Waals surface area (Å²) in [5, 5.41) is 20.9. The molecule has 0 aliphatic heterocycles.